The zero-order valence-electron chi connectivity index (χ0n) is 9.36. The molecular weight excluding hydrogens is 204 g/mol. The number of rotatable bonds is 4. The molecule has 1 aromatic rings. The molecule has 1 N–H and O–H groups in total. The SMILES string of the molecule is COc1cccc(C(C)NC(=O)CC#N)c1. The Kier molecular flexibility index (Phi) is 4.34. The summed E-state index contributed by atoms with van der Waals surface area (Å²) >= 11 is 0. The summed E-state index contributed by atoms with van der Waals surface area (Å²) in [4.78, 5) is 11.2. The predicted octanol–water partition coefficient (Wildman–Crippen LogP) is 1.79. The minimum atomic E-state index is -0.266. The van der Waals surface area contributed by atoms with Crippen molar-refractivity contribution in [3.8, 4) is 11.8 Å². The van der Waals surface area contributed by atoms with E-state index in [1.807, 2.05) is 37.3 Å². The van der Waals surface area contributed by atoms with Gasteiger partial charge in [0.15, 0.2) is 0 Å². The topological polar surface area (TPSA) is 62.1 Å². The van der Waals surface area contributed by atoms with Crippen LogP contribution >= 0.6 is 0 Å². The highest BCUT2D eigenvalue weighted by Gasteiger charge is 2.09. The monoisotopic (exact) mass is 218 g/mol. The lowest BCUT2D eigenvalue weighted by molar-refractivity contribution is -0.120. The lowest BCUT2D eigenvalue weighted by Crippen LogP contribution is -2.25. The molecule has 0 aliphatic rings. The van der Waals surface area contributed by atoms with E-state index in [1.54, 1.807) is 7.11 Å². The standard InChI is InChI=1S/C12H14N2O2/c1-9(14-12(15)6-7-13)10-4-3-5-11(8-10)16-2/h3-5,8-9H,6H2,1-2H3,(H,14,15). The number of ether oxygens (including phenoxy) is 1. The third-order valence-electron chi connectivity index (χ3n) is 2.21. The van der Waals surface area contributed by atoms with E-state index >= 15 is 0 Å². The van der Waals surface area contributed by atoms with Crippen LogP contribution in [-0.2, 0) is 4.79 Å². The van der Waals surface area contributed by atoms with Crippen LogP contribution in [0.1, 0.15) is 24.9 Å². The van der Waals surface area contributed by atoms with E-state index in [2.05, 4.69) is 5.32 Å². The van der Waals surface area contributed by atoms with Crippen LogP contribution in [0.4, 0.5) is 0 Å². The van der Waals surface area contributed by atoms with Gasteiger partial charge in [0, 0.05) is 0 Å². The number of hydrogen-bond acceptors (Lipinski definition) is 3. The first kappa shape index (κ1) is 12.1. The molecule has 0 bridgehead atoms. The van der Waals surface area contributed by atoms with Crippen molar-refractivity contribution < 1.29 is 9.53 Å². The van der Waals surface area contributed by atoms with Gasteiger partial charge in [-0.1, -0.05) is 12.1 Å². The maximum absolute atomic E-state index is 11.2. The fraction of sp³-hybridized carbons (Fsp3) is 0.333. The largest absolute Gasteiger partial charge is 0.497 e. The van der Waals surface area contributed by atoms with Crippen molar-refractivity contribution in [2.75, 3.05) is 7.11 Å². The van der Waals surface area contributed by atoms with Crippen LogP contribution in [0.25, 0.3) is 0 Å². The van der Waals surface area contributed by atoms with Crippen LogP contribution < -0.4 is 10.1 Å². The minimum absolute atomic E-state index is 0.117. The Labute approximate surface area is 94.8 Å². The van der Waals surface area contributed by atoms with E-state index in [4.69, 9.17) is 10.00 Å². The van der Waals surface area contributed by atoms with E-state index in [9.17, 15) is 4.79 Å². The van der Waals surface area contributed by atoms with Crippen molar-refractivity contribution in [3.05, 3.63) is 29.8 Å². The quantitative estimate of drug-likeness (QED) is 0.838. The van der Waals surface area contributed by atoms with Crippen LogP contribution in [0, 0.1) is 11.3 Å². The minimum Gasteiger partial charge on any atom is -0.497 e. The van der Waals surface area contributed by atoms with Gasteiger partial charge in [0.25, 0.3) is 0 Å². The van der Waals surface area contributed by atoms with Crippen LogP contribution in [0.5, 0.6) is 5.75 Å². The Bertz CT molecular complexity index is 410. The molecule has 1 amide bonds. The molecule has 16 heavy (non-hydrogen) atoms. The molecule has 4 heteroatoms. The van der Waals surface area contributed by atoms with Crippen molar-refractivity contribution in [2.24, 2.45) is 0 Å². The molecule has 0 heterocycles. The van der Waals surface area contributed by atoms with Gasteiger partial charge in [-0.2, -0.15) is 5.26 Å². The Morgan fingerprint density at radius 3 is 3.00 bits per heavy atom. The highest BCUT2D eigenvalue weighted by Crippen LogP contribution is 2.18. The number of nitrogens with zero attached hydrogens (tertiary/aromatic N) is 1. The van der Waals surface area contributed by atoms with Crippen LogP contribution in [0.15, 0.2) is 24.3 Å². The number of nitrogens with one attached hydrogen (secondary N) is 1. The Morgan fingerprint density at radius 1 is 1.62 bits per heavy atom. The normalized spacial score (nSPS) is 11.3. The van der Waals surface area contributed by atoms with Gasteiger partial charge in [-0.15, -0.1) is 0 Å². The average molecular weight is 218 g/mol. The third-order valence-corrected chi connectivity index (χ3v) is 2.21. The summed E-state index contributed by atoms with van der Waals surface area (Å²) in [6, 6.07) is 9.15. The molecule has 0 aromatic heterocycles. The summed E-state index contributed by atoms with van der Waals surface area (Å²) in [5.41, 5.74) is 0.950. The van der Waals surface area contributed by atoms with Crippen molar-refractivity contribution in [1.29, 1.82) is 5.26 Å². The highest BCUT2D eigenvalue weighted by atomic mass is 16.5. The fourth-order valence-electron chi connectivity index (χ4n) is 1.36. The molecule has 0 saturated carbocycles. The van der Waals surface area contributed by atoms with Crippen molar-refractivity contribution >= 4 is 5.91 Å². The molecule has 1 aromatic carbocycles. The fourth-order valence-corrected chi connectivity index (χ4v) is 1.36. The molecule has 84 valence electrons. The second-order valence-electron chi connectivity index (χ2n) is 3.40. The lowest BCUT2D eigenvalue weighted by atomic mass is 10.1. The lowest BCUT2D eigenvalue weighted by Gasteiger charge is -2.14. The summed E-state index contributed by atoms with van der Waals surface area (Å²) in [7, 11) is 1.60. The first-order valence-corrected chi connectivity index (χ1v) is 4.97. The Hall–Kier alpha value is -2.02. The zero-order valence-corrected chi connectivity index (χ0v) is 9.36. The molecule has 4 nitrogen and oxygen atoms in total. The predicted molar refractivity (Wildman–Crippen MR) is 59.8 cm³/mol. The van der Waals surface area contributed by atoms with Gasteiger partial charge < -0.3 is 10.1 Å². The first-order chi connectivity index (χ1) is 7.67. The smallest absolute Gasteiger partial charge is 0.234 e. The van der Waals surface area contributed by atoms with E-state index in [0.29, 0.717) is 0 Å². The van der Waals surface area contributed by atoms with Gasteiger partial charge in [-0.05, 0) is 24.6 Å². The molecular formula is C12H14N2O2. The highest BCUT2D eigenvalue weighted by molar-refractivity contribution is 5.78. The Morgan fingerprint density at radius 2 is 2.38 bits per heavy atom. The summed E-state index contributed by atoms with van der Waals surface area (Å²) < 4.78 is 5.09. The third kappa shape index (κ3) is 3.28. The van der Waals surface area contributed by atoms with Gasteiger partial charge in [0.2, 0.25) is 5.91 Å². The molecule has 1 rings (SSSR count). The van der Waals surface area contributed by atoms with Gasteiger partial charge in [0.05, 0.1) is 19.2 Å². The molecule has 1 atom stereocenters. The van der Waals surface area contributed by atoms with Gasteiger partial charge in [0.1, 0.15) is 12.2 Å². The van der Waals surface area contributed by atoms with Crippen molar-refractivity contribution in [3.63, 3.8) is 0 Å². The number of nitriles is 1. The summed E-state index contributed by atoms with van der Waals surface area (Å²) in [5.74, 6) is 0.483. The zero-order chi connectivity index (χ0) is 12.0. The second kappa shape index (κ2) is 5.76. The Balaban J connectivity index is 2.69. The molecule has 1 unspecified atom stereocenters. The van der Waals surface area contributed by atoms with Crippen molar-refractivity contribution in [1.82, 2.24) is 5.32 Å². The molecule has 0 spiro atoms. The molecule has 0 fully saturated rings. The summed E-state index contributed by atoms with van der Waals surface area (Å²) in [5, 5.41) is 11.1. The summed E-state index contributed by atoms with van der Waals surface area (Å²) in [6.45, 7) is 1.87. The number of carbonyl (C=O) groups is 1. The van der Waals surface area contributed by atoms with Gasteiger partial charge in [-0.3, -0.25) is 4.79 Å². The van der Waals surface area contributed by atoms with Crippen LogP contribution in [0.2, 0.25) is 0 Å². The molecule has 0 aliphatic carbocycles. The van der Waals surface area contributed by atoms with Gasteiger partial charge >= 0.3 is 0 Å². The number of carbonyl (C=O) groups excluding carboxylic acids is 1. The number of methoxy groups -OCH3 is 1. The van der Waals surface area contributed by atoms with E-state index in [1.165, 1.54) is 0 Å². The van der Waals surface area contributed by atoms with Crippen molar-refractivity contribution in [2.45, 2.75) is 19.4 Å². The molecule has 0 saturated heterocycles. The number of hydrogen-bond donors (Lipinski definition) is 1. The van der Waals surface area contributed by atoms with E-state index in [0.717, 1.165) is 11.3 Å². The van der Waals surface area contributed by atoms with Crippen LogP contribution in [0.3, 0.4) is 0 Å². The number of benzene rings is 1. The number of amides is 1. The van der Waals surface area contributed by atoms with E-state index in [-0.39, 0.29) is 18.4 Å². The second-order valence-corrected chi connectivity index (χ2v) is 3.40. The maximum Gasteiger partial charge on any atom is 0.234 e. The summed E-state index contributed by atoms with van der Waals surface area (Å²) in [6.07, 6.45) is -0.117. The average Bonchev–Trinajstić information content (AvgIpc) is 2.29. The molecule has 0 aliphatic heterocycles. The maximum atomic E-state index is 11.2. The van der Waals surface area contributed by atoms with Gasteiger partial charge in [-0.25, -0.2) is 0 Å². The van der Waals surface area contributed by atoms with Crippen LogP contribution in [-0.4, -0.2) is 13.0 Å². The first-order valence-electron chi connectivity index (χ1n) is 4.97. The molecule has 0 radical (unpaired) electrons. The van der Waals surface area contributed by atoms with E-state index < -0.39 is 0 Å².